The number of likely N-dealkylation sites (N-methyl/N-ethyl adjacent to an activating group) is 1. The zero-order valence-corrected chi connectivity index (χ0v) is 14.0. The molecule has 1 heterocycles. The molecule has 0 radical (unpaired) electrons. The van der Waals surface area contributed by atoms with Gasteiger partial charge in [-0.3, -0.25) is 0 Å². The molecule has 1 N–H and O–H groups in total. The summed E-state index contributed by atoms with van der Waals surface area (Å²) in [6.07, 6.45) is 1.88. The molecular weight excluding hydrogens is 344 g/mol. The maximum absolute atomic E-state index is 12.7. The van der Waals surface area contributed by atoms with Crippen LogP contribution in [0.3, 0.4) is 0 Å². The lowest BCUT2D eigenvalue weighted by Gasteiger charge is -2.31. The fourth-order valence-electron chi connectivity index (χ4n) is 2.35. The van der Waals surface area contributed by atoms with E-state index in [2.05, 4.69) is 21.2 Å². The van der Waals surface area contributed by atoms with Crippen LogP contribution < -0.4 is 10.1 Å². The van der Waals surface area contributed by atoms with Gasteiger partial charge < -0.3 is 10.1 Å². The summed E-state index contributed by atoms with van der Waals surface area (Å²) in [6, 6.07) is 5.14. The van der Waals surface area contributed by atoms with Crippen molar-refractivity contribution >= 4 is 26.0 Å². The minimum absolute atomic E-state index is 0.218. The van der Waals surface area contributed by atoms with Gasteiger partial charge >= 0.3 is 0 Å². The van der Waals surface area contributed by atoms with E-state index in [0.717, 1.165) is 12.8 Å². The first-order chi connectivity index (χ1) is 9.48. The van der Waals surface area contributed by atoms with Crippen molar-refractivity contribution in [2.24, 2.45) is 0 Å². The minimum atomic E-state index is -3.47. The van der Waals surface area contributed by atoms with Gasteiger partial charge in [0.25, 0.3) is 0 Å². The topological polar surface area (TPSA) is 58.6 Å². The third-order valence-electron chi connectivity index (χ3n) is 3.55. The Morgan fingerprint density at radius 3 is 2.80 bits per heavy atom. The van der Waals surface area contributed by atoms with E-state index in [9.17, 15) is 8.42 Å². The lowest BCUT2D eigenvalue weighted by atomic mass is 10.1. The van der Waals surface area contributed by atoms with Crippen LogP contribution in [0.5, 0.6) is 5.75 Å². The maximum atomic E-state index is 12.7. The van der Waals surface area contributed by atoms with E-state index in [4.69, 9.17) is 4.74 Å². The number of piperidine rings is 1. The highest BCUT2D eigenvalue weighted by Gasteiger charge is 2.31. The third-order valence-corrected chi connectivity index (χ3v) is 6.39. The summed E-state index contributed by atoms with van der Waals surface area (Å²) in [4.78, 5) is 0.287. The van der Waals surface area contributed by atoms with Crippen LogP contribution >= 0.6 is 15.9 Å². The highest BCUT2D eigenvalue weighted by atomic mass is 79.9. The Labute approximate surface area is 128 Å². The molecule has 1 aromatic carbocycles. The van der Waals surface area contributed by atoms with Crippen LogP contribution in [0.25, 0.3) is 0 Å². The zero-order chi connectivity index (χ0) is 14.8. The van der Waals surface area contributed by atoms with Gasteiger partial charge in [-0.15, -0.1) is 0 Å². The van der Waals surface area contributed by atoms with Crippen LogP contribution in [0.1, 0.15) is 12.8 Å². The van der Waals surface area contributed by atoms with E-state index >= 15 is 0 Å². The molecule has 0 aromatic heterocycles. The maximum Gasteiger partial charge on any atom is 0.244 e. The van der Waals surface area contributed by atoms with E-state index in [1.54, 1.807) is 29.6 Å². The Morgan fingerprint density at radius 2 is 2.20 bits per heavy atom. The van der Waals surface area contributed by atoms with E-state index in [1.807, 2.05) is 7.05 Å². The number of nitrogens with zero attached hydrogens (tertiary/aromatic N) is 1. The quantitative estimate of drug-likeness (QED) is 0.887. The van der Waals surface area contributed by atoms with Crippen molar-refractivity contribution in [3.05, 3.63) is 22.7 Å². The molecule has 20 heavy (non-hydrogen) atoms. The Bertz CT molecular complexity index is 577. The molecule has 0 spiro atoms. The molecule has 1 aromatic rings. The van der Waals surface area contributed by atoms with Crippen LogP contribution in [0, 0.1) is 0 Å². The molecule has 1 fully saturated rings. The van der Waals surface area contributed by atoms with Crippen molar-refractivity contribution in [3.8, 4) is 5.75 Å². The molecule has 1 aliphatic heterocycles. The fraction of sp³-hybridized carbons (Fsp3) is 0.538. The zero-order valence-electron chi connectivity index (χ0n) is 11.6. The number of methoxy groups -OCH3 is 1. The normalized spacial score (nSPS) is 20.9. The molecule has 1 aliphatic rings. The molecule has 1 unspecified atom stereocenters. The number of hydrogen-bond acceptors (Lipinski definition) is 4. The monoisotopic (exact) mass is 362 g/mol. The number of benzene rings is 1. The van der Waals surface area contributed by atoms with Gasteiger partial charge in [0, 0.05) is 23.6 Å². The lowest BCUT2D eigenvalue weighted by Crippen LogP contribution is -2.46. The smallest absolute Gasteiger partial charge is 0.244 e. The summed E-state index contributed by atoms with van der Waals surface area (Å²) in [7, 11) is -0.0510. The summed E-state index contributed by atoms with van der Waals surface area (Å²) in [6.45, 7) is 1.08. The largest absolute Gasteiger partial charge is 0.497 e. The van der Waals surface area contributed by atoms with Crippen molar-refractivity contribution in [3.63, 3.8) is 0 Å². The highest BCUT2D eigenvalue weighted by molar-refractivity contribution is 9.10. The van der Waals surface area contributed by atoms with Gasteiger partial charge in [-0.1, -0.05) is 0 Å². The molecule has 1 saturated heterocycles. The van der Waals surface area contributed by atoms with Gasteiger partial charge in [-0.25, -0.2) is 8.42 Å². The van der Waals surface area contributed by atoms with Gasteiger partial charge in [0.1, 0.15) is 5.75 Å². The average Bonchev–Trinajstić information content (AvgIpc) is 2.46. The first-order valence-electron chi connectivity index (χ1n) is 6.50. The second kappa shape index (κ2) is 6.43. The van der Waals surface area contributed by atoms with Gasteiger partial charge in [-0.2, -0.15) is 4.31 Å². The predicted octanol–water partition coefficient (Wildman–Crippen LogP) is 1.83. The van der Waals surface area contributed by atoms with E-state index in [-0.39, 0.29) is 10.9 Å². The summed E-state index contributed by atoms with van der Waals surface area (Å²) >= 11 is 3.32. The van der Waals surface area contributed by atoms with Gasteiger partial charge in [0.2, 0.25) is 10.0 Å². The molecule has 5 nitrogen and oxygen atoms in total. The van der Waals surface area contributed by atoms with Crippen molar-refractivity contribution in [2.75, 3.05) is 27.2 Å². The van der Waals surface area contributed by atoms with E-state index in [1.165, 1.54) is 0 Å². The van der Waals surface area contributed by atoms with Crippen molar-refractivity contribution in [2.45, 2.75) is 23.8 Å². The van der Waals surface area contributed by atoms with Crippen molar-refractivity contribution in [1.82, 2.24) is 9.62 Å². The van der Waals surface area contributed by atoms with E-state index in [0.29, 0.717) is 23.3 Å². The summed E-state index contributed by atoms with van der Waals surface area (Å²) in [5.74, 6) is 0.627. The molecule has 0 bridgehead atoms. The molecule has 112 valence electrons. The Kier molecular flexibility index (Phi) is 5.06. The number of nitrogens with one attached hydrogen (secondary N) is 1. The van der Waals surface area contributed by atoms with Crippen LogP contribution in [0.15, 0.2) is 27.6 Å². The summed E-state index contributed by atoms with van der Waals surface area (Å²) in [5, 5.41) is 3.15. The summed E-state index contributed by atoms with van der Waals surface area (Å²) in [5.41, 5.74) is 0. The number of halogens is 1. The predicted molar refractivity (Wildman–Crippen MR) is 81.5 cm³/mol. The molecule has 0 aliphatic carbocycles. The van der Waals surface area contributed by atoms with Gasteiger partial charge in [0.15, 0.2) is 0 Å². The minimum Gasteiger partial charge on any atom is -0.497 e. The van der Waals surface area contributed by atoms with E-state index < -0.39 is 10.0 Å². The Balaban J connectivity index is 2.30. The second-order valence-corrected chi connectivity index (χ2v) is 7.55. The molecule has 1 atom stereocenters. The van der Waals surface area contributed by atoms with Crippen LogP contribution in [-0.2, 0) is 10.0 Å². The molecule has 0 saturated carbocycles. The van der Waals surface area contributed by atoms with Crippen LogP contribution in [0.2, 0.25) is 0 Å². The third kappa shape index (κ3) is 3.16. The SMILES string of the molecule is CNC1CCCN(S(=O)(=O)c2ccc(OC)cc2Br)C1. The number of rotatable bonds is 4. The fourth-order valence-corrected chi connectivity index (χ4v) is 4.89. The Morgan fingerprint density at radius 1 is 1.45 bits per heavy atom. The first kappa shape index (κ1) is 15.8. The molecule has 0 amide bonds. The number of hydrogen-bond donors (Lipinski definition) is 1. The molecule has 2 rings (SSSR count). The standard InChI is InChI=1S/C13H19BrN2O3S/c1-15-10-4-3-7-16(9-10)20(17,18)13-6-5-11(19-2)8-12(13)14/h5-6,8,10,15H,3-4,7,9H2,1-2H3. The molecular formula is C13H19BrN2O3S. The second-order valence-electron chi connectivity index (χ2n) is 4.79. The van der Waals surface area contributed by atoms with Crippen molar-refractivity contribution in [1.29, 1.82) is 0 Å². The lowest BCUT2D eigenvalue weighted by molar-refractivity contribution is 0.292. The first-order valence-corrected chi connectivity index (χ1v) is 8.73. The highest BCUT2D eigenvalue weighted by Crippen LogP contribution is 2.30. The Hall–Kier alpha value is -0.630. The van der Waals surface area contributed by atoms with Gasteiger partial charge in [0.05, 0.1) is 12.0 Å². The van der Waals surface area contributed by atoms with Crippen LogP contribution in [-0.4, -0.2) is 46.0 Å². The van der Waals surface area contributed by atoms with Gasteiger partial charge in [-0.05, 0) is 54.0 Å². The summed E-state index contributed by atoms with van der Waals surface area (Å²) < 4.78 is 32.6. The molecule has 7 heteroatoms. The van der Waals surface area contributed by atoms with Crippen molar-refractivity contribution < 1.29 is 13.2 Å². The van der Waals surface area contributed by atoms with Crippen LogP contribution in [0.4, 0.5) is 0 Å². The number of ether oxygens (including phenoxy) is 1. The number of sulfonamides is 1. The average molecular weight is 363 g/mol.